The van der Waals surface area contributed by atoms with Crippen LogP contribution in [0.2, 0.25) is 5.02 Å². The molecule has 1 aromatic rings. The second-order valence-electron chi connectivity index (χ2n) is 4.28. The summed E-state index contributed by atoms with van der Waals surface area (Å²) in [5, 5.41) is 5.20. The fourth-order valence-electron chi connectivity index (χ4n) is 1.94. The van der Waals surface area contributed by atoms with Crippen LogP contribution < -0.4 is 5.32 Å². The maximum Gasteiger partial charge on any atom is 0.0406 e. The maximum atomic E-state index is 5.84. The van der Waals surface area contributed by atoms with Crippen LogP contribution in [-0.4, -0.2) is 37.6 Å². The highest BCUT2D eigenvalue weighted by atomic mass is 35.5. The lowest BCUT2D eigenvalue weighted by atomic mass is 10.2. The predicted octanol–water partition coefficient (Wildman–Crippen LogP) is 2.66. The number of halogens is 1. The van der Waals surface area contributed by atoms with Crippen LogP contribution >= 0.6 is 11.6 Å². The standard InChI is InChI=1S/C14H18ClN2/c15-14-6-4-13(5-7-14)3-1-10-17-11-2-8-16-9-12-17/h1,3-7H,2,8-12H2. The molecule has 0 aromatic heterocycles. The zero-order valence-corrected chi connectivity index (χ0v) is 10.7. The van der Waals surface area contributed by atoms with E-state index in [4.69, 9.17) is 11.6 Å². The molecular formula is C14H18ClN2. The van der Waals surface area contributed by atoms with Gasteiger partial charge in [-0.05, 0) is 30.7 Å². The summed E-state index contributed by atoms with van der Waals surface area (Å²) in [6, 6.07) is 7.92. The molecule has 1 aromatic carbocycles. The average Bonchev–Trinajstić information content (AvgIpc) is 2.60. The molecule has 1 saturated heterocycles. The highest BCUT2D eigenvalue weighted by molar-refractivity contribution is 6.30. The van der Waals surface area contributed by atoms with E-state index in [1.807, 2.05) is 24.3 Å². The Hall–Kier alpha value is -0.830. The lowest BCUT2D eigenvalue weighted by Crippen LogP contribution is -2.27. The monoisotopic (exact) mass is 249 g/mol. The summed E-state index contributed by atoms with van der Waals surface area (Å²) in [5.74, 6) is 0. The molecule has 0 bridgehead atoms. The third-order valence-electron chi connectivity index (χ3n) is 2.91. The highest BCUT2D eigenvalue weighted by Crippen LogP contribution is 2.10. The van der Waals surface area contributed by atoms with E-state index in [-0.39, 0.29) is 0 Å². The lowest BCUT2D eigenvalue weighted by Gasteiger charge is -2.16. The summed E-state index contributed by atoms with van der Waals surface area (Å²) in [5.41, 5.74) is 1.20. The van der Waals surface area contributed by atoms with Crippen LogP contribution in [0, 0.1) is 0 Å². The SMILES string of the molecule is Clc1ccc(C=CCN2CCC[N]CC2)cc1. The van der Waals surface area contributed by atoms with Crippen molar-refractivity contribution in [3.63, 3.8) is 0 Å². The van der Waals surface area contributed by atoms with Gasteiger partial charge in [0.2, 0.25) is 0 Å². The van der Waals surface area contributed by atoms with Crippen molar-refractivity contribution in [3.05, 3.63) is 40.9 Å². The van der Waals surface area contributed by atoms with Crippen LogP contribution in [0.1, 0.15) is 12.0 Å². The largest absolute Gasteiger partial charge is 0.298 e. The van der Waals surface area contributed by atoms with E-state index in [2.05, 4.69) is 22.4 Å². The molecule has 91 valence electrons. The van der Waals surface area contributed by atoms with E-state index in [1.54, 1.807) is 0 Å². The Labute approximate surface area is 108 Å². The van der Waals surface area contributed by atoms with Gasteiger partial charge < -0.3 is 0 Å². The first-order chi connectivity index (χ1) is 8.34. The Bertz CT molecular complexity index is 351. The van der Waals surface area contributed by atoms with Gasteiger partial charge in [-0.1, -0.05) is 35.9 Å². The minimum Gasteiger partial charge on any atom is -0.298 e. The fourth-order valence-corrected chi connectivity index (χ4v) is 2.06. The highest BCUT2D eigenvalue weighted by Gasteiger charge is 2.06. The van der Waals surface area contributed by atoms with Gasteiger partial charge in [-0.3, -0.25) is 4.90 Å². The quantitative estimate of drug-likeness (QED) is 0.805. The third-order valence-corrected chi connectivity index (χ3v) is 3.16. The van der Waals surface area contributed by atoms with Crippen molar-refractivity contribution in [3.8, 4) is 0 Å². The molecule has 1 aliphatic heterocycles. The number of rotatable bonds is 3. The van der Waals surface area contributed by atoms with E-state index >= 15 is 0 Å². The first kappa shape index (κ1) is 12.6. The summed E-state index contributed by atoms with van der Waals surface area (Å²) >= 11 is 5.84. The Morgan fingerprint density at radius 2 is 2.00 bits per heavy atom. The number of hydrogen-bond acceptors (Lipinski definition) is 1. The van der Waals surface area contributed by atoms with Gasteiger partial charge in [0, 0.05) is 31.2 Å². The van der Waals surface area contributed by atoms with Crippen molar-refractivity contribution in [2.75, 3.05) is 32.7 Å². The Kier molecular flexibility index (Phi) is 5.05. The van der Waals surface area contributed by atoms with Gasteiger partial charge in [-0.25, -0.2) is 5.32 Å². The normalized spacial score (nSPS) is 18.4. The Morgan fingerprint density at radius 1 is 1.18 bits per heavy atom. The molecule has 0 aliphatic carbocycles. The van der Waals surface area contributed by atoms with Gasteiger partial charge in [0.05, 0.1) is 0 Å². The fraction of sp³-hybridized carbons (Fsp3) is 0.429. The van der Waals surface area contributed by atoms with Gasteiger partial charge in [0.1, 0.15) is 0 Å². The number of benzene rings is 1. The summed E-state index contributed by atoms with van der Waals surface area (Å²) in [6.07, 6.45) is 5.56. The topological polar surface area (TPSA) is 17.3 Å². The Balaban J connectivity index is 1.82. The van der Waals surface area contributed by atoms with Crippen LogP contribution in [-0.2, 0) is 0 Å². The van der Waals surface area contributed by atoms with Gasteiger partial charge >= 0.3 is 0 Å². The van der Waals surface area contributed by atoms with Crippen molar-refractivity contribution >= 4 is 17.7 Å². The molecule has 1 radical (unpaired) electrons. The van der Waals surface area contributed by atoms with Crippen LogP contribution in [0.3, 0.4) is 0 Å². The van der Waals surface area contributed by atoms with Crippen LogP contribution in [0.15, 0.2) is 30.3 Å². The van der Waals surface area contributed by atoms with Crippen molar-refractivity contribution < 1.29 is 0 Å². The number of hydrogen-bond donors (Lipinski definition) is 0. The third kappa shape index (κ3) is 4.50. The Morgan fingerprint density at radius 3 is 2.82 bits per heavy atom. The molecule has 17 heavy (non-hydrogen) atoms. The van der Waals surface area contributed by atoms with E-state index < -0.39 is 0 Å². The van der Waals surface area contributed by atoms with Crippen LogP contribution in [0.4, 0.5) is 0 Å². The molecule has 0 saturated carbocycles. The number of nitrogens with zero attached hydrogens (tertiary/aromatic N) is 2. The summed E-state index contributed by atoms with van der Waals surface area (Å²) < 4.78 is 0. The van der Waals surface area contributed by atoms with Gasteiger partial charge in [-0.2, -0.15) is 0 Å². The van der Waals surface area contributed by atoms with Crippen molar-refractivity contribution in [2.45, 2.75) is 6.42 Å². The summed E-state index contributed by atoms with van der Waals surface area (Å²) in [6.45, 7) is 5.27. The molecule has 1 heterocycles. The zero-order valence-electron chi connectivity index (χ0n) is 9.98. The molecule has 0 N–H and O–H groups in total. The lowest BCUT2D eigenvalue weighted by molar-refractivity contribution is 0.324. The summed E-state index contributed by atoms with van der Waals surface area (Å²) in [7, 11) is 0. The average molecular weight is 250 g/mol. The second-order valence-corrected chi connectivity index (χ2v) is 4.72. The van der Waals surface area contributed by atoms with E-state index in [9.17, 15) is 0 Å². The first-order valence-corrected chi connectivity index (χ1v) is 6.50. The molecular weight excluding hydrogens is 232 g/mol. The molecule has 1 fully saturated rings. The van der Waals surface area contributed by atoms with Gasteiger partial charge in [0.15, 0.2) is 0 Å². The molecule has 0 atom stereocenters. The molecule has 0 amide bonds. The van der Waals surface area contributed by atoms with E-state index in [0.717, 1.165) is 37.7 Å². The molecule has 0 spiro atoms. The van der Waals surface area contributed by atoms with Crippen LogP contribution in [0.5, 0.6) is 0 Å². The molecule has 2 nitrogen and oxygen atoms in total. The smallest absolute Gasteiger partial charge is 0.0406 e. The molecule has 2 rings (SSSR count). The van der Waals surface area contributed by atoms with E-state index in [0.29, 0.717) is 0 Å². The maximum absolute atomic E-state index is 5.84. The molecule has 3 heteroatoms. The van der Waals surface area contributed by atoms with Crippen molar-refractivity contribution in [1.29, 1.82) is 0 Å². The van der Waals surface area contributed by atoms with Crippen LogP contribution in [0.25, 0.3) is 6.08 Å². The summed E-state index contributed by atoms with van der Waals surface area (Å²) in [4.78, 5) is 2.45. The van der Waals surface area contributed by atoms with Gasteiger partial charge in [-0.15, -0.1) is 0 Å². The van der Waals surface area contributed by atoms with E-state index in [1.165, 1.54) is 12.0 Å². The van der Waals surface area contributed by atoms with Crippen molar-refractivity contribution in [2.24, 2.45) is 0 Å². The minimum absolute atomic E-state index is 0.788. The second kappa shape index (κ2) is 6.80. The molecule has 0 unspecified atom stereocenters. The predicted molar refractivity (Wildman–Crippen MR) is 73.4 cm³/mol. The first-order valence-electron chi connectivity index (χ1n) is 6.12. The van der Waals surface area contributed by atoms with Gasteiger partial charge in [0.25, 0.3) is 0 Å². The zero-order chi connectivity index (χ0) is 11.9. The van der Waals surface area contributed by atoms with Crippen molar-refractivity contribution in [1.82, 2.24) is 10.2 Å². The molecule has 1 aliphatic rings. The minimum atomic E-state index is 0.788.